The molecule has 0 fully saturated rings. The van der Waals surface area contributed by atoms with E-state index in [2.05, 4.69) is 20.3 Å². The summed E-state index contributed by atoms with van der Waals surface area (Å²) in [5.74, 6) is 1.44. The average molecular weight is 244 g/mol. The first kappa shape index (κ1) is 12.3. The van der Waals surface area contributed by atoms with Crippen molar-refractivity contribution in [1.29, 1.82) is 0 Å². The fourth-order valence-electron chi connectivity index (χ4n) is 1.76. The Morgan fingerprint density at radius 2 is 2.11 bits per heavy atom. The van der Waals surface area contributed by atoms with Gasteiger partial charge in [0.2, 0.25) is 5.88 Å². The van der Waals surface area contributed by atoms with Crippen LogP contribution in [-0.4, -0.2) is 28.6 Å². The second-order valence-electron chi connectivity index (χ2n) is 3.81. The second-order valence-corrected chi connectivity index (χ2v) is 3.81. The van der Waals surface area contributed by atoms with Crippen molar-refractivity contribution in [3.63, 3.8) is 0 Å². The maximum atomic E-state index is 5.12. The Kier molecular flexibility index (Phi) is 3.72. The quantitative estimate of drug-likeness (QED) is 0.894. The fourth-order valence-corrected chi connectivity index (χ4v) is 1.76. The summed E-state index contributed by atoms with van der Waals surface area (Å²) in [6.07, 6.45) is 3.27. The van der Waals surface area contributed by atoms with Crippen molar-refractivity contribution in [2.45, 2.75) is 13.8 Å². The molecular weight excluding hydrogens is 228 g/mol. The monoisotopic (exact) mass is 244 g/mol. The number of hydrogen-bond donors (Lipinski definition) is 1. The van der Waals surface area contributed by atoms with E-state index in [1.54, 1.807) is 19.6 Å². The normalized spacial score (nSPS) is 10.2. The Bertz CT molecular complexity index is 542. The van der Waals surface area contributed by atoms with Crippen LogP contribution in [0.15, 0.2) is 24.7 Å². The molecule has 0 saturated carbocycles. The summed E-state index contributed by atoms with van der Waals surface area (Å²) in [4.78, 5) is 12.7. The highest BCUT2D eigenvalue weighted by atomic mass is 16.5. The third kappa shape index (κ3) is 2.40. The van der Waals surface area contributed by atoms with Crippen LogP contribution in [0, 0.1) is 6.92 Å². The van der Waals surface area contributed by atoms with Gasteiger partial charge in [0.25, 0.3) is 0 Å². The van der Waals surface area contributed by atoms with Gasteiger partial charge in [-0.2, -0.15) is 0 Å². The van der Waals surface area contributed by atoms with Crippen LogP contribution in [0.5, 0.6) is 5.88 Å². The molecule has 0 aliphatic rings. The molecule has 0 bridgehead atoms. The van der Waals surface area contributed by atoms with Gasteiger partial charge < -0.3 is 10.1 Å². The molecule has 2 rings (SSSR count). The van der Waals surface area contributed by atoms with Crippen LogP contribution in [-0.2, 0) is 0 Å². The molecule has 5 heteroatoms. The van der Waals surface area contributed by atoms with Crippen LogP contribution in [0.3, 0.4) is 0 Å². The Labute approximate surface area is 106 Å². The minimum Gasteiger partial charge on any atom is -0.481 e. The van der Waals surface area contributed by atoms with Crippen LogP contribution in [0.2, 0.25) is 0 Å². The molecule has 18 heavy (non-hydrogen) atoms. The molecule has 0 atom stereocenters. The zero-order valence-corrected chi connectivity index (χ0v) is 10.8. The van der Waals surface area contributed by atoms with E-state index < -0.39 is 0 Å². The summed E-state index contributed by atoms with van der Waals surface area (Å²) >= 11 is 0. The van der Waals surface area contributed by atoms with Crippen molar-refractivity contribution in [2.24, 2.45) is 0 Å². The summed E-state index contributed by atoms with van der Waals surface area (Å²) in [5.41, 5.74) is 2.88. The predicted octanol–water partition coefficient (Wildman–Crippen LogP) is 2.29. The lowest BCUT2D eigenvalue weighted by molar-refractivity contribution is 0.398. The van der Waals surface area contributed by atoms with E-state index in [1.165, 1.54) is 0 Å². The van der Waals surface area contributed by atoms with Gasteiger partial charge in [0.05, 0.1) is 12.8 Å². The van der Waals surface area contributed by atoms with Gasteiger partial charge in [-0.15, -0.1) is 0 Å². The lowest BCUT2D eigenvalue weighted by Crippen LogP contribution is -2.03. The van der Waals surface area contributed by atoms with Crippen LogP contribution in [0.4, 0.5) is 5.82 Å². The molecule has 0 saturated heterocycles. The van der Waals surface area contributed by atoms with Gasteiger partial charge in [-0.25, -0.2) is 15.0 Å². The van der Waals surface area contributed by atoms with Crippen molar-refractivity contribution in [2.75, 3.05) is 19.0 Å². The zero-order valence-electron chi connectivity index (χ0n) is 10.8. The van der Waals surface area contributed by atoms with Crippen LogP contribution >= 0.6 is 0 Å². The SMILES string of the molecule is CCNc1ncnc(-c2ccnc(OC)c2)c1C. The van der Waals surface area contributed by atoms with Gasteiger partial charge >= 0.3 is 0 Å². The number of ether oxygens (including phenoxy) is 1. The summed E-state index contributed by atoms with van der Waals surface area (Å²) in [5, 5.41) is 3.22. The van der Waals surface area contributed by atoms with Crippen molar-refractivity contribution >= 4 is 5.82 Å². The predicted molar refractivity (Wildman–Crippen MR) is 70.7 cm³/mol. The van der Waals surface area contributed by atoms with Gasteiger partial charge in [0, 0.05) is 29.9 Å². The number of aromatic nitrogens is 3. The van der Waals surface area contributed by atoms with E-state index in [0.717, 1.165) is 29.2 Å². The summed E-state index contributed by atoms with van der Waals surface area (Å²) in [6.45, 7) is 4.87. The summed E-state index contributed by atoms with van der Waals surface area (Å²) in [7, 11) is 1.60. The second kappa shape index (κ2) is 5.44. The van der Waals surface area contributed by atoms with E-state index in [0.29, 0.717) is 5.88 Å². The van der Waals surface area contributed by atoms with Gasteiger partial charge in [0.1, 0.15) is 12.1 Å². The molecule has 2 aromatic heterocycles. The molecule has 0 amide bonds. The zero-order chi connectivity index (χ0) is 13.0. The first-order valence-electron chi connectivity index (χ1n) is 5.82. The fraction of sp³-hybridized carbons (Fsp3) is 0.308. The number of hydrogen-bond acceptors (Lipinski definition) is 5. The number of methoxy groups -OCH3 is 1. The highest BCUT2D eigenvalue weighted by molar-refractivity contribution is 5.68. The highest BCUT2D eigenvalue weighted by Gasteiger charge is 2.09. The van der Waals surface area contributed by atoms with E-state index >= 15 is 0 Å². The molecule has 94 valence electrons. The third-order valence-corrected chi connectivity index (χ3v) is 2.65. The van der Waals surface area contributed by atoms with E-state index in [9.17, 15) is 0 Å². The standard InChI is InChI=1S/C13H16N4O/c1-4-14-13-9(2)12(16-8-17-13)10-5-6-15-11(7-10)18-3/h5-8H,4H2,1-3H3,(H,14,16,17). The van der Waals surface area contributed by atoms with Gasteiger partial charge in [-0.05, 0) is 19.9 Å². The van der Waals surface area contributed by atoms with Gasteiger partial charge in [0.15, 0.2) is 0 Å². The van der Waals surface area contributed by atoms with Crippen LogP contribution in [0.1, 0.15) is 12.5 Å². The summed E-state index contributed by atoms with van der Waals surface area (Å²) in [6, 6.07) is 3.78. The Balaban J connectivity index is 2.46. The number of nitrogens with one attached hydrogen (secondary N) is 1. The smallest absolute Gasteiger partial charge is 0.213 e. The van der Waals surface area contributed by atoms with Crippen molar-refractivity contribution < 1.29 is 4.74 Å². The van der Waals surface area contributed by atoms with Gasteiger partial charge in [-0.3, -0.25) is 0 Å². The van der Waals surface area contributed by atoms with E-state index in [4.69, 9.17) is 4.74 Å². The van der Waals surface area contributed by atoms with Gasteiger partial charge in [-0.1, -0.05) is 0 Å². The first-order chi connectivity index (χ1) is 8.76. The van der Waals surface area contributed by atoms with E-state index in [1.807, 2.05) is 26.0 Å². The molecule has 0 aromatic carbocycles. The van der Waals surface area contributed by atoms with Crippen molar-refractivity contribution in [1.82, 2.24) is 15.0 Å². The largest absolute Gasteiger partial charge is 0.481 e. The Hall–Kier alpha value is -2.17. The minimum absolute atomic E-state index is 0.579. The first-order valence-corrected chi connectivity index (χ1v) is 5.82. The topological polar surface area (TPSA) is 59.9 Å². The lowest BCUT2D eigenvalue weighted by Gasteiger charge is -2.10. The summed E-state index contributed by atoms with van der Waals surface area (Å²) < 4.78 is 5.12. The Morgan fingerprint density at radius 1 is 1.28 bits per heavy atom. The Morgan fingerprint density at radius 3 is 2.83 bits per heavy atom. The number of pyridine rings is 1. The molecular formula is C13H16N4O. The highest BCUT2D eigenvalue weighted by Crippen LogP contribution is 2.26. The minimum atomic E-state index is 0.579. The number of anilines is 1. The van der Waals surface area contributed by atoms with E-state index in [-0.39, 0.29) is 0 Å². The molecule has 1 N–H and O–H groups in total. The lowest BCUT2D eigenvalue weighted by atomic mass is 10.1. The molecule has 2 aromatic rings. The van der Waals surface area contributed by atoms with Crippen molar-refractivity contribution in [3.05, 3.63) is 30.2 Å². The maximum Gasteiger partial charge on any atom is 0.213 e. The molecule has 0 aliphatic carbocycles. The molecule has 0 spiro atoms. The van der Waals surface area contributed by atoms with Crippen LogP contribution in [0.25, 0.3) is 11.3 Å². The molecule has 5 nitrogen and oxygen atoms in total. The maximum absolute atomic E-state index is 5.12. The van der Waals surface area contributed by atoms with Crippen LogP contribution < -0.4 is 10.1 Å². The molecule has 0 radical (unpaired) electrons. The average Bonchev–Trinajstić information content (AvgIpc) is 2.41. The third-order valence-electron chi connectivity index (χ3n) is 2.65. The molecule has 0 unspecified atom stereocenters. The van der Waals surface area contributed by atoms with Crippen molar-refractivity contribution in [3.8, 4) is 17.1 Å². The number of rotatable bonds is 4. The number of nitrogens with zero attached hydrogens (tertiary/aromatic N) is 3. The molecule has 2 heterocycles. The molecule has 0 aliphatic heterocycles.